The molecule has 2 amide bonds. The molecule has 1 aromatic rings. The molecule has 0 fully saturated rings. The summed E-state index contributed by atoms with van der Waals surface area (Å²) in [6.45, 7) is 1.11. The van der Waals surface area contributed by atoms with Crippen molar-refractivity contribution < 1.29 is 19.6 Å². The number of nitro groups is 1. The molecule has 0 aliphatic heterocycles. The second-order valence-electron chi connectivity index (χ2n) is 3.88. The van der Waals surface area contributed by atoms with Crippen molar-refractivity contribution in [3.63, 3.8) is 0 Å². The molecule has 108 valence electrons. The molecule has 0 radical (unpaired) electrons. The first kappa shape index (κ1) is 15.7. The molecular weight excluding hydrogens is 290 g/mol. The summed E-state index contributed by atoms with van der Waals surface area (Å²) in [5.74, 6) is -1.19. The molecule has 0 saturated carbocycles. The van der Waals surface area contributed by atoms with Gasteiger partial charge < -0.3 is 15.7 Å². The van der Waals surface area contributed by atoms with Crippen molar-refractivity contribution in [1.82, 2.24) is 10.6 Å². The number of urea groups is 1. The van der Waals surface area contributed by atoms with Crippen molar-refractivity contribution in [1.29, 1.82) is 0 Å². The number of nitro benzene ring substituents is 1. The average molecular weight is 302 g/mol. The highest BCUT2D eigenvalue weighted by Crippen LogP contribution is 2.25. The second kappa shape index (κ2) is 6.71. The summed E-state index contributed by atoms with van der Waals surface area (Å²) in [5, 5.41) is 24.1. The Kier molecular flexibility index (Phi) is 5.27. The summed E-state index contributed by atoms with van der Waals surface area (Å²) in [4.78, 5) is 32.2. The third kappa shape index (κ3) is 4.09. The zero-order valence-electron chi connectivity index (χ0n) is 10.4. The second-order valence-corrected chi connectivity index (χ2v) is 4.29. The van der Waals surface area contributed by atoms with Crippen molar-refractivity contribution in [3.8, 4) is 0 Å². The minimum atomic E-state index is -1.19. The molecule has 0 spiro atoms. The summed E-state index contributed by atoms with van der Waals surface area (Å²) in [7, 11) is 0. The van der Waals surface area contributed by atoms with E-state index in [0.29, 0.717) is 0 Å². The first-order valence-corrected chi connectivity index (χ1v) is 5.89. The van der Waals surface area contributed by atoms with Crippen molar-refractivity contribution >= 4 is 29.3 Å². The van der Waals surface area contributed by atoms with E-state index in [-0.39, 0.29) is 22.8 Å². The number of hydrogen-bond acceptors (Lipinski definition) is 4. The molecule has 1 rings (SSSR count). The van der Waals surface area contributed by atoms with Crippen LogP contribution in [0.2, 0.25) is 5.02 Å². The summed E-state index contributed by atoms with van der Waals surface area (Å²) in [5.41, 5.74) is -0.0682. The monoisotopic (exact) mass is 301 g/mol. The number of carbonyl (C=O) groups is 2. The number of rotatable bonds is 5. The third-order valence-corrected chi connectivity index (χ3v) is 2.79. The molecule has 9 heteroatoms. The number of nitrogens with zero attached hydrogens (tertiary/aromatic N) is 1. The van der Waals surface area contributed by atoms with Crippen LogP contribution in [-0.2, 0) is 11.3 Å². The van der Waals surface area contributed by atoms with Crippen LogP contribution in [0, 0.1) is 10.1 Å². The molecule has 0 aliphatic carbocycles. The van der Waals surface area contributed by atoms with Gasteiger partial charge in [-0.3, -0.25) is 14.9 Å². The van der Waals surface area contributed by atoms with Crippen LogP contribution in [0.15, 0.2) is 18.2 Å². The Morgan fingerprint density at radius 3 is 2.70 bits per heavy atom. The molecular formula is C11H12ClN3O5. The molecule has 0 aromatic heterocycles. The predicted octanol–water partition coefficient (Wildman–Crippen LogP) is 1.52. The van der Waals surface area contributed by atoms with E-state index < -0.39 is 23.0 Å². The van der Waals surface area contributed by atoms with Crippen LogP contribution in [0.5, 0.6) is 0 Å². The van der Waals surface area contributed by atoms with E-state index in [1.807, 2.05) is 0 Å². The van der Waals surface area contributed by atoms with Gasteiger partial charge in [0, 0.05) is 6.07 Å². The summed E-state index contributed by atoms with van der Waals surface area (Å²) in [6, 6.07) is 2.32. The topological polar surface area (TPSA) is 122 Å². The maximum atomic E-state index is 11.4. The highest BCUT2D eigenvalue weighted by atomic mass is 35.5. The van der Waals surface area contributed by atoms with Crippen molar-refractivity contribution in [2.45, 2.75) is 19.5 Å². The van der Waals surface area contributed by atoms with Gasteiger partial charge in [-0.1, -0.05) is 17.7 Å². The number of carboxylic acids is 1. The number of halogens is 1. The Morgan fingerprint density at radius 2 is 2.15 bits per heavy atom. The Balaban J connectivity index is 2.73. The van der Waals surface area contributed by atoms with Gasteiger partial charge >= 0.3 is 12.0 Å². The smallest absolute Gasteiger partial charge is 0.325 e. The number of hydrogen-bond donors (Lipinski definition) is 3. The molecule has 0 saturated heterocycles. The van der Waals surface area contributed by atoms with Crippen molar-refractivity contribution in [2.24, 2.45) is 0 Å². The van der Waals surface area contributed by atoms with Crippen LogP contribution in [0.3, 0.4) is 0 Å². The largest absolute Gasteiger partial charge is 0.480 e. The standard InChI is InChI=1S/C11H12ClN3O5/c1-6(10(16)17)14-11(18)13-5-7-8(12)3-2-4-9(7)15(19)20/h2-4,6H,5H2,1H3,(H,16,17)(H2,13,14,18). The molecule has 1 unspecified atom stereocenters. The molecule has 0 heterocycles. The minimum absolute atomic E-state index is 0.144. The fourth-order valence-electron chi connectivity index (χ4n) is 1.37. The summed E-state index contributed by atoms with van der Waals surface area (Å²) in [6.07, 6.45) is 0. The molecule has 0 bridgehead atoms. The van der Waals surface area contributed by atoms with Gasteiger partial charge in [-0.05, 0) is 13.0 Å². The van der Waals surface area contributed by atoms with Crippen LogP contribution in [0.25, 0.3) is 0 Å². The Labute approximate surface area is 118 Å². The fraction of sp³-hybridized carbons (Fsp3) is 0.273. The number of carbonyl (C=O) groups excluding carboxylic acids is 1. The molecule has 1 atom stereocenters. The van der Waals surface area contributed by atoms with Gasteiger partial charge in [0.1, 0.15) is 6.04 Å². The first-order chi connectivity index (χ1) is 9.32. The van der Waals surface area contributed by atoms with Gasteiger partial charge in [0.05, 0.1) is 22.1 Å². The van der Waals surface area contributed by atoms with Crippen molar-refractivity contribution in [3.05, 3.63) is 38.9 Å². The van der Waals surface area contributed by atoms with Gasteiger partial charge in [-0.2, -0.15) is 0 Å². The number of benzene rings is 1. The Morgan fingerprint density at radius 1 is 1.50 bits per heavy atom. The Hall–Kier alpha value is -2.35. The van der Waals surface area contributed by atoms with E-state index in [1.165, 1.54) is 25.1 Å². The molecule has 8 nitrogen and oxygen atoms in total. The third-order valence-electron chi connectivity index (χ3n) is 2.43. The van der Waals surface area contributed by atoms with Gasteiger partial charge in [0.25, 0.3) is 5.69 Å². The van der Waals surface area contributed by atoms with E-state index in [0.717, 1.165) is 0 Å². The SMILES string of the molecule is CC(NC(=O)NCc1c(Cl)cccc1[N+](=O)[O-])C(=O)O. The van der Waals surface area contributed by atoms with Crippen LogP contribution < -0.4 is 10.6 Å². The highest BCUT2D eigenvalue weighted by Gasteiger charge is 2.18. The first-order valence-electron chi connectivity index (χ1n) is 5.52. The lowest BCUT2D eigenvalue weighted by molar-refractivity contribution is -0.385. The molecule has 3 N–H and O–H groups in total. The Bertz CT molecular complexity index is 549. The lowest BCUT2D eigenvalue weighted by Gasteiger charge is -2.11. The van der Waals surface area contributed by atoms with Crippen molar-refractivity contribution in [2.75, 3.05) is 0 Å². The van der Waals surface area contributed by atoms with Crippen LogP contribution in [-0.4, -0.2) is 28.1 Å². The number of aliphatic carboxylic acids is 1. The van der Waals surface area contributed by atoms with Gasteiger partial charge in [0.15, 0.2) is 0 Å². The van der Waals surface area contributed by atoms with Gasteiger partial charge in [-0.25, -0.2) is 4.79 Å². The predicted molar refractivity (Wildman–Crippen MR) is 70.6 cm³/mol. The molecule has 0 aliphatic rings. The fourth-order valence-corrected chi connectivity index (χ4v) is 1.61. The lowest BCUT2D eigenvalue weighted by Crippen LogP contribution is -2.44. The maximum Gasteiger partial charge on any atom is 0.325 e. The van der Waals surface area contributed by atoms with E-state index in [9.17, 15) is 19.7 Å². The van der Waals surface area contributed by atoms with E-state index in [1.54, 1.807) is 0 Å². The van der Waals surface area contributed by atoms with Crippen LogP contribution in [0.1, 0.15) is 12.5 Å². The summed E-state index contributed by atoms with van der Waals surface area (Å²) >= 11 is 5.84. The quantitative estimate of drug-likeness (QED) is 0.562. The number of nitrogens with one attached hydrogen (secondary N) is 2. The molecule has 1 aromatic carbocycles. The summed E-state index contributed by atoms with van der Waals surface area (Å²) < 4.78 is 0. The lowest BCUT2D eigenvalue weighted by atomic mass is 10.2. The van der Waals surface area contributed by atoms with E-state index in [4.69, 9.17) is 16.7 Å². The zero-order chi connectivity index (χ0) is 15.3. The van der Waals surface area contributed by atoms with E-state index in [2.05, 4.69) is 10.6 Å². The number of carboxylic acid groups (broad SMARTS) is 1. The highest BCUT2D eigenvalue weighted by molar-refractivity contribution is 6.31. The van der Waals surface area contributed by atoms with Crippen LogP contribution >= 0.6 is 11.6 Å². The minimum Gasteiger partial charge on any atom is -0.480 e. The van der Waals surface area contributed by atoms with Gasteiger partial charge in [-0.15, -0.1) is 0 Å². The normalized spacial score (nSPS) is 11.5. The zero-order valence-corrected chi connectivity index (χ0v) is 11.2. The molecule has 20 heavy (non-hydrogen) atoms. The number of amides is 2. The van der Waals surface area contributed by atoms with Crippen LogP contribution in [0.4, 0.5) is 10.5 Å². The average Bonchev–Trinajstić information content (AvgIpc) is 2.36. The van der Waals surface area contributed by atoms with Gasteiger partial charge in [0.2, 0.25) is 0 Å². The van der Waals surface area contributed by atoms with E-state index >= 15 is 0 Å². The maximum absolute atomic E-state index is 11.4.